The van der Waals surface area contributed by atoms with Gasteiger partial charge in [0.25, 0.3) is 0 Å². The number of fused-ring (bicyclic) bond motifs is 1. The van der Waals surface area contributed by atoms with Crippen LogP contribution in [-0.4, -0.2) is 36.1 Å². The highest BCUT2D eigenvalue weighted by Crippen LogP contribution is 2.36. The third kappa shape index (κ3) is 3.27. The van der Waals surface area contributed by atoms with Gasteiger partial charge >= 0.3 is 7.60 Å². The number of nitrogens with two attached hydrogens (primary N) is 1. The van der Waals surface area contributed by atoms with Crippen LogP contribution in [0.25, 0.3) is 11.2 Å². The second-order valence-corrected chi connectivity index (χ2v) is 5.51. The smallest absolute Gasteiger partial charge is 0.351 e. The van der Waals surface area contributed by atoms with Crippen LogP contribution < -0.4 is 5.73 Å². The van der Waals surface area contributed by atoms with E-state index in [4.69, 9.17) is 20.3 Å². The van der Waals surface area contributed by atoms with Gasteiger partial charge < -0.3 is 25.2 Å². The number of ether oxygens (including phenoxy) is 1. The predicted molar refractivity (Wildman–Crippen MR) is 67.1 cm³/mol. The van der Waals surface area contributed by atoms with Gasteiger partial charge in [-0.15, -0.1) is 0 Å². The number of hydrogen-bond acceptors (Lipinski definition) is 6. The first-order valence-electron chi connectivity index (χ1n) is 5.53. The van der Waals surface area contributed by atoms with Crippen molar-refractivity contribution >= 4 is 24.6 Å². The summed E-state index contributed by atoms with van der Waals surface area (Å²) in [6, 6.07) is 0. The van der Waals surface area contributed by atoms with Gasteiger partial charge in [0, 0.05) is 0 Å². The molecule has 1 atom stereocenters. The Morgan fingerprint density at radius 2 is 2.26 bits per heavy atom. The summed E-state index contributed by atoms with van der Waals surface area (Å²) in [6.45, 7) is 1.79. The van der Waals surface area contributed by atoms with Gasteiger partial charge in [0.05, 0.1) is 6.33 Å². The maximum absolute atomic E-state index is 10.8. The lowest BCUT2D eigenvalue weighted by Gasteiger charge is -2.15. The van der Waals surface area contributed by atoms with Crippen LogP contribution in [0.15, 0.2) is 6.33 Å². The first-order valence-corrected chi connectivity index (χ1v) is 7.33. The second kappa shape index (κ2) is 5.22. The van der Waals surface area contributed by atoms with Crippen molar-refractivity contribution < 1.29 is 19.1 Å². The molecule has 0 aliphatic rings. The van der Waals surface area contributed by atoms with Gasteiger partial charge in [-0.3, -0.25) is 4.57 Å². The molecule has 0 bridgehead atoms. The van der Waals surface area contributed by atoms with Crippen LogP contribution >= 0.6 is 7.60 Å². The standard InChI is InChI=1S/C9H14N5O4P/c1-2-5(18-4-19(15,16)17)8-13-7(10)6-9(14-8)12-3-11-6/h3,5H,2,4H2,1H3,(H2,15,16,17)(H3,10,11,12,13,14). The highest BCUT2D eigenvalue weighted by Gasteiger charge is 2.21. The molecule has 10 heteroatoms. The molecule has 0 amide bonds. The van der Waals surface area contributed by atoms with Gasteiger partial charge in [0.1, 0.15) is 18.0 Å². The zero-order chi connectivity index (χ0) is 14.0. The number of rotatable bonds is 5. The Bertz CT molecular complexity index is 624. The summed E-state index contributed by atoms with van der Waals surface area (Å²) in [5.41, 5.74) is 6.64. The van der Waals surface area contributed by atoms with E-state index < -0.39 is 20.0 Å². The van der Waals surface area contributed by atoms with E-state index in [0.29, 0.717) is 17.6 Å². The number of nitrogens with one attached hydrogen (secondary N) is 1. The first-order chi connectivity index (χ1) is 8.90. The quantitative estimate of drug-likeness (QED) is 0.582. The molecule has 9 nitrogen and oxygen atoms in total. The Balaban J connectivity index is 2.27. The fourth-order valence-corrected chi connectivity index (χ4v) is 1.96. The van der Waals surface area contributed by atoms with Crippen LogP contribution in [-0.2, 0) is 9.30 Å². The van der Waals surface area contributed by atoms with Gasteiger partial charge in [-0.25, -0.2) is 15.0 Å². The lowest BCUT2D eigenvalue weighted by Crippen LogP contribution is -2.11. The summed E-state index contributed by atoms with van der Waals surface area (Å²) in [6.07, 6.45) is 0.578. The lowest BCUT2D eigenvalue weighted by molar-refractivity contribution is 0.0660. The highest BCUT2D eigenvalue weighted by molar-refractivity contribution is 7.51. The van der Waals surface area contributed by atoms with Crippen LogP contribution in [0, 0.1) is 0 Å². The van der Waals surface area contributed by atoms with Gasteiger partial charge in [-0.2, -0.15) is 0 Å². The van der Waals surface area contributed by atoms with Gasteiger partial charge in [-0.1, -0.05) is 6.92 Å². The molecule has 0 fully saturated rings. The molecule has 2 aromatic rings. The zero-order valence-corrected chi connectivity index (χ0v) is 11.0. The molecule has 1 unspecified atom stereocenters. The normalized spacial score (nSPS) is 13.8. The van der Waals surface area contributed by atoms with Crippen molar-refractivity contribution in [2.24, 2.45) is 0 Å². The van der Waals surface area contributed by atoms with E-state index in [2.05, 4.69) is 19.9 Å². The molecule has 2 aromatic heterocycles. The minimum atomic E-state index is -4.23. The third-order valence-electron chi connectivity index (χ3n) is 2.43. The lowest BCUT2D eigenvalue weighted by atomic mass is 10.2. The van der Waals surface area contributed by atoms with Crippen LogP contribution in [0.1, 0.15) is 25.3 Å². The molecular weight excluding hydrogens is 273 g/mol. The van der Waals surface area contributed by atoms with Crippen LogP contribution in [0.2, 0.25) is 0 Å². The van der Waals surface area contributed by atoms with Crippen molar-refractivity contribution in [1.82, 2.24) is 19.9 Å². The summed E-state index contributed by atoms with van der Waals surface area (Å²) >= 11 is 0. The molecule has 19 heavy (non-hydrogen) atoms. The molecule has 2 heterocycles. The molecule has 0 radical (unpaired) electrons. The number of aromatic amines is 1. The summed E-state index contributed by atoms with van der Waals surface area (Å²) in [5.74, 6) is 0.463. The van der Waals surface area contributed by atoms with Crippen LogP contribution in [0.4, 0.5) is 5.82 Å². The topological polar surface area (TPSA) is 147 Å². The fourth-order valence-electron chi connectivity index (χ4n) is 1.58. The number of hydrogen-bond donors (Lipinski definition) is 4. The molecule has 104 valence electrons. The van der Waals surface area contributed by atoms with Crippen molar-refractivity contribution in [1.29, 1.82) is 0 Å². The number of imidazole rings is 1. The number of nitrogens with zero attached hydrogens (tertiary/aromatic N) is 3. The van der Waals surface area contributed by atoms with Gasteiger partial charge in [0.2, 0.25) is 0 Å². The highest BCUT2D eigenvalue weighted by atomic mass is 31.2. The molecule has 0 spiro atoms. The number of anilines is 1. The molecule has 0 saturated heterocycles. The second-order valence-electron chi connectivity index (χ2n) is 3.92. The molecule has 0 saturated carbocycles. The van der Waals surface area contributed by atoms with E-state index in [1.807, 2.05) is 0 Å². The minimum Gasteiger partial charge on any atom is -0.382 e. The Labute approximate surface area is 108 Å². The van der Waals surface area contributed by atoms with E-state index in [9.17, 15) is 4.57 Å². The van der Waals surface area contributed by atoms with Crippen molar-refractivity contribution in [3.63, 3.8) is 0 Å². The van der Waals surface area contributed by atoms with Crippen molar-refractivity contribution in [2.45, 2.75) is 19.4 Å². The molecular formula is C9H14N5O4P. The third-order valence-corrected chi connectivity index (χ3v) is 2.91. The Kier molecular flexibility index (Phi) is 3.81. The number of nitrogen functional groups attached to an aromatic ring is 1. The van der Waals surface area contributed by atoms with E-state index in [1.165, 1.54) is 6.33 Å². The van der Waals surface area contributed by atoms with Crippen LogP contribution in [0.3, 0.4) is 0 Å². The average molecular weight is 287 g/mol. The van der Waals surface area contributed by atoms with Crippen LogP contribution in [0.5, 0.6) is 0 Å². The van der Waals surface area contributed by atoms with Gasteiger partial charge in [0.15, 0.2) is 17.3 Å². The molecule has 0 aliphatic heterocycles. The molecule has 5 N–H and O–H groups in total. The Hall–Kier alpha value is -1.54. The zero-order valence-electron chi connectivity index (χ0n) is 10.1. The van der Waals surface area contributed by atoms with Crippen molar-refractivity contribution in [3.05, 3.63) is 12.2 Å². The molecule has 0 aliphatic carbocycles. The molecule has 2 rings (SSSR count). The average Bonchev–Trinajstić information content (AvgIpc) is 2.77. The largest absolute Gasteiger partial charge is 0.382 e. The van der Waals surface area contributed by atoms with E-state index >= 15 is 0 Å². The maximum atomic E-state index is 10.8. The maximum Gasteiger partial charge on any atom is 0.351 e. The first kappa shape index (κ1) is 13.9. The summed E-state index contributed by atoms with van der Waals surface area (Å²) in [4.78, 5) is 32.6. The summed E-state index contributed by atoms with van der Waals surface area (Å²) in [7, 11) is -4.23. The summed E-state index contributed by atoms with van der Waals surface area (Å²) < 4.78 is 16.0. The summed E-state index contributed by atoms with van der Waals surface area (Å²) in [5, 5.41) is 0. The monoisotopic (exact) mass is 287 g/mol. The van der Waals surface area contributed by atoms with E-state index in [-0.39, 0.29) is 11.6 Å². The number of H-pyrrole nitrogens is 1. The number of aromatic nitrogens is 4. The SMILES string of the molecule is CCC(OCP(=O)(O)O)c1nc(N)c2nc[nH]c2n1. The van der Waals surface area contributed by atoms with Gasteiger partial charge in [-0.05, 0) is 6.42 Å². The van der Waals surface area contributed by atoms with Crippen molar-refractivity contribution in [2.75, 3.05) is 12.1 Å². The predicted octanol–water partition coefficient (Wildman–Crippen LogP) is 0.538. The molecule has 0 aromatic carbocycles. The van der Waals surface area contributed by atoms with Crippen molar-refractivity contribution in [3.8, 4) is 0 Å². The van der Waals surface area contributed by atoms with E-state index in [0.717, 1.165) is 0 Å². The Morgan fingerprint density at radius 1 is 1.53 bits per heavy atom. The van der Waals surface area contributed by atoms with E-state index in [1.54, 1.807) is 6.92 Å². The minimum absolute atomic E-state index is 0.194. The fraction of sp³-hybridized carbons (Fsp3) is 0.444. The Morgan fingerprint density at radius 3 is 2.89 bits per heavy atom.